The third-order valence-corrected chi connectivity index (χ3v) is 3.77. The van der Waals surface area contributed by atoms with Crippen LogP contribution in [0.25, 0.3) is 0 Å². The van der Waals surface area contributed by atoms with E-state index in [0.717, 1.165) is 25.7 Å². The van der Waals surface area contributed by atoms with Crippen molar-refractivity contribution in [1.82, 2.24) is 4.90 Å². The molecule has 1 aliphatic heterocycles. The van der Waals surface area contributed by atoms with Gasteiger partial charge in [-0.2, -0.15) is 5.26 Å². The van der Waals surface area contributed by atoms with E-state index in [0.29, 0.717) is 13.0 Å². The molecule has 17 heavy (non-hydrogen) atoms. The number of carbonyl (C=O) groups is 1. The molecular formula is C13H22N2O2. The monoisotopic (exact) mass is 238 g/mol. The van der Waals surface area contributed by atoms with Crippen LogP contribution in [0, 0.1) is 16.7 Å². The lowest BCUT2D eigenvalue weighted by molar-refractivity contribution is -0.141. The molecule has 0 spiro atoms. The first-order chi connectivity index (χ1) is 8.09. The van der Waals surface area contributed by atoms with Crippen molar-refractivity contribution in [3.05, 3.63) is 0 Å². The smallest absolute Gasteiger partial charge is 0.243 e. The summed E-state index contributed by atoms with van der Waals surface area (Å²) in [7, 11) is 0. The molecule has 0 aromatic rings. The summed E-state index contributed by atoms with van der Waals surface area (Å²) < 4.78 is 0. The van der Waals surface area contributed by atoms with E-state index in [-0.39, 0.29) is 18.6 Å². The van der Waals surface area contributed by atoms with E-state index in [1.165, 1.54) is 0 Å². The van der Waals surface area contributed by atoms with Gasteiger partial charge in [-0.05, 0) is 26.2 Å². The molecule has 0 aromatic heterocycles. The quantitative estimate of drug-likeness (QED) is 0.813. The fraction of sp³-hybridized carbons (Fsp3) is 0.846. The molecule has 4 heteroatoms. The van der Waals surface area contributed by atoms with Gasteiger partial charge in [-0.25, -0.2) is 0 Å². The van der Waals surface area contributed by atoms with Crippen LogP contribution in [0.2, 0.25) is 0 Å². The molecule has 1 aliphatic rings. The second-order valence-electron chi connectivity index (χ2n) is 4.98. The predicted molar refractivity (Wildman–Crippen MR) is 65.1 cm³/mol. The summed E-state index contributed by atoms with van der Waals surface area (Å²) in [5.41, 5.74) is -0.947. The van der Waals surface area contributed by atoms with Gasteiger partial charge in [0.05, 0.1) is 18.7 Å². The molecule has 1 rings (SSSR count). The molecule has 0 bridgehead atoms. The van der Waals surface area contributed by atoms with E-state index in [2.05, 4.69) is 6.07 Å². The number of aliphatic hydroxyl groups is 1. The summed E-state index contributed by atoms with van der Waals surface area (Å²) in [6.07, 6.45) is 4.46. The summed E-state index contributed by atoms with van der Waals surface area (Å²) in [6, 6.07) is 2.01. The Morgan fingerprint density at radius 2 is 2.24 bits per heavy atom. The van der Waals surface area contributed by atoms with Gasteiger partial charge in [0.1, 0.15) is 5.41 Å². The van der Waals surface area contributed by atoms with Crippen LogP contribution in [0.1, 0.15) is 46.0 Å². The fourth-order valence-corrected chi connectivity index (χ4v) is 2.23. The molecule has 0 saturated carbocycles. The van der Waals surface area contributed by atoms with Gasteiger partial charge in [-0.1, -0.05) is 19.8 Å². The van der Waals surface area contributed by atoms with Crippen molar-refractivity contribution in [2.24, 2.45) is 5.41 Å². The first kappa shape index (κ1) is 14.0. The van der Waals surface area contributed by atoms with E-state index < -0.39 is 5.41 Å². The van der Waals surface area contributed by atoms with Gasteiger partial charge in [0.25, 0.3) is 0 Å². The van der Waals surface area contributed by atoms with E-state index in [9.17, 15) is 9.90 Å². The largest absolute Gasteiger partial charge is 0.394 e. The highest BCUT2D eigenvalue weighted by molar-refractivity contribution is 5.85. The van der Waals surface area contributed by atoms with Gasteiger partial charge in [0.15, 0.2) is 0 Å². The van der Waals surface area contributed by atoms with Crippen LogP contribution >= 0.6 is 0 Å². The number of nitriles is 1. The molecule has 0 radical (unpaired) electrons. The number of hydrogen-bond donors (Lipinski definition) is 1. The van der Waals surface area contributed by atoms with Crippen LogP contribution in [-0.2, 0) is 4.79 Å². The van der Waals surface area contributed by atoms with Crippen LogP contribution < -0.4 is 0 Å². The van der Waals surface area contributed by atoms with Crippen molar-refractivity contribution in [2.45, 2.75) is 52.0 Å². The van der Waals surface area contributed by atoms with Crippen molar-refractivity contribution in [2.75, 3.05) is 13.2 Å². The van der Waals surface area contributed by atoms with Crippen LogP contribution in [0.4, 0.5) is 0 Å². The van der Waals surface area contributed by atoms with E-state index in [1.807, 2.05) is 6.92 Å². The molecule has 1 saturated heterocycles. The fourth-order valence-electron chi connectivity index (χ4n) is 2.23. The van der Waals surface area contributed by atoms with Gasteiger partial charge in [-0.15, -0.1) is 0 Å². The molecule has 2 atom stereocenters. The third kappa shape index (κ3) is 2.98. The molecule has 96 valence electrons. The number of carbonyl (C=O) groups excluding carboxylic acids is 1. The molecular weight excluding hydrogens is 216 g/mol. The summed E-state index contributed by atoms with van der Waals surface area (Å²) in [6.45, 7) is 4.21. The van der Waals surface area contributed by atoms with Gasteiger partial charge in [0, 0.05) is 6.54 Å². The Morgan fingerprint density at radius 1 is 1.53 bits per heavy atom. The normalized spacial score (nSPS) is 24.6. The zero-order valence-electron chi connectivity index (χ0n) is 10.8. The number of likely N-dealkylation sites (tertiary alicyclic amines) is 1. The number of aliphatic hydroxyl groups excluding tert-OH is 1. The molecule has 1 amide bonds. The van der Waals surface area contributed by atoms with Gasteiger partial charge in [0.2, 0.25) is 5.91 Å². The molecule has 0 aromatic carbocycles. The van der Waals surface area contributed by atoms with E-state index >= 15 is 0 Å². The highest BCUT2D eigenvalue weighted by Crippen LogP contribution is 2.27. The first-order valence-corrected chi connectivity index (χ1v) is 6.42. The SMILES string of the molecule is CCC(C)(C#N)C(=O)N1CCCCCC1CO. The van der Waals surface area contributed by atoms with Gasteiger partial charge < -0.3 is 10.0 Å². The van der Waals surface area contributed by atoms with Crippen molar-refractivity contribution in [1.29, 1.82) is 5.26 Å². The average Bonchev–Trinajstić information content (AvgIpc) is 2.61. The average molecular weight is 238 g/mol. The van der Waals surface area contributed by atoms with Crippen LogP contribution in [0.3, 0.4) is 0 Å². The molecule has 2 unspecified atom stereocenters. The number of nitrogens with zero attached hydrogens (tertiary/aromatic N) is 2. The predicted octanol–water partition coefficient (Wildman–Crippen LogP) is 1.69. The Bertz CT molecular complexity index is 311. The highest BCUT2D eigenvalue weighted by atomic mass is 16.3. The lowest BCUT2D eigenvalue weighted by Gasteiger charge is -2.33. The van der Waals surface area contributed by atoms with Crippen LogP contribution in [0.15, 0.2) is 0 Å². The van der Waals surface area contributed by atoms with E-state index in [4.69, 9.17) is 5.26 Å². The molecule has 1 heterocycles. The minimum Gasteiger partial charge on any atom is -0.394 e. The summed E-state index contributed by atoms with van der Waals surface area (Å²) >= 11 is 0. The zero-order chi connectivity index (χ0) is 12.9. The minimum atomic E-state index is -0.947. The van der Waals surface area contributed by atoms with Crippen molar-refractivity contribution < 1.29 is 9.90 Å². The standard InChI is InChI=1S/C13H22N2O2/c1-3-13(2,10-14)12(17)15-8-6-4-5-7-11(15)9-16/h11,16H,3-9H2,1-2H3. The summed E-state index contributed by atoms with van der Waals surface area (Å²) in [4.78, 5) is 14.1. The Morgan fingerprint density at radius 3 is 2.76 bits per heavy atom. The number of amides is 1. The highest BCUT2D eigenvalue weighted by Gasteiger charge is 2.38. The molecule has 4 nitrogen and oxygen atoms in total. The maximum absolute atomic E-state index is 12.4. The minimum absolute atomic E-state index is 0.00301. The van der Waals surface area contributed by atoms with E-state index in [1.54, 1.807) is 11.8 Å². The summed E-state index contributed by atoms with van der Waals surface area (Å²) in [5.74, 6) is -0.122. The Hall–Kier alpha value is -1.08. The maximum Gasteiger partial charge on any atom is 0.243 e. The lowest BCUT2D eigenvalue weighted by atomic mass is 9.87. The van der Waals surface area contributed by atoms with Gasteiger partial charge >= 0.3 is 0 Å². The zero-order valence-corrected chi connectivity index (χ0v) is 10.8. The van der Waals surface area contributed by atoms with Crippen LogP contribution in [-0.4, -0.2) is 35.1 Å². The molecule has 1 fully saturated rings. The Kier molecular flexibility index (Phi) is 4.95. The Labute approximate surface area is 103 Å². The van der Waals surface area contributed by atoms with Crippen molar-refractivity contribution >= 4 is 5.91 Å². The Balaban J connectivity index is 2.87. The lowest BCUT2D eigenvalue weighted by Crippen LogP contribution is -2.48. The first-order valence-electron chi connectivity index (χ1n) is 6.42. The van der Waals surface area contributed by atoms with Crippen LogP contribution in [0.5, 0.6) is 0 Å². The second kappa shape index (κ2) is 6.02. The van der Waals surface area contributed by atoms with Gasteiger partial charge in [-0.3, -0.25) is 4.79 Å². The van der Waals surface area contributed by atoms with Crippen molar-refractivity contribution in [3.63, 3.8) is 0 Å². The summed E-state index contributed by atoms with van der Waals surface area (Å²) in [5, 5.41) is 18.5. The maximum atomic E-state index is 12.4. The number of hydrogen-bond acceptors (Lipinski definition) is 3. The molecule has 0 aliphatic carbocycles. The topological polar surface area (TPSA) is 64.3 Å². The third-order valence-electron chi connectivity index (χ3n) is 3.77. The van der Waals surface area contributed by atoms with Crippen molar-refractivity contribution in [3.8, 4) is 6.07 Å². The number of rotatable bonds is 3. The second-order valence-corrected chi connectivity index (χ2v) is 4.98. The molecule has 1 N–H and O–H groups in total.